The number of aliphatic hydroxyl groups excluding tert-OH is 1. The summed E-state index contributed by atoms with van der Waals surface area (Å²) < 4.78 is 11.9. The predicted octanol–water partition coefficient (Wildman–Crippen LogP) is 11.5. The highest BCUT2D eigenvalue weighted by atomic mass is 16.5. The van der Waals surface area contributed by atoms with Crippen LogP contribution < -0.4 is 0 Å². The van der Waals surface area contributed by atoms with Gasteiger partial charge in [-0.2, -0.15) is 0 Å². The Morgan fingerprint density at radius 3 is 1.07 bits per heavy atom. The van der Waals surface area contributed by atoms with Crippen LogP contribution >= 0.6 is 0 Å². The van der Waals surface area contributed by atoms with E-state index in [-0.39, 0.29) is 12.7 Å². The summed E-state index contributed by atoms with van der Waals surface area (Å²) in [4.78, 5) is 0. The monoisotopic (exact) mass is 583 g/mol. The molecule has 0 aromatic rings. The van der Waals surface area contributed by atoms with Crippen LogP contribution in [0.4, 0.5) is 0 Å². The Morgan fingerprint density at radius 1 is 0.415 bits per heavy atom. The molecule has 0 saturated carbocycles. The van der Waals surface area contributed by atoms with Gasteiger partial charge in [0.05, 0.1) is 13.2 Å². The molecular formula is C38H78O3. The summed E-state index contributed by atoms with van der Waals surface area (Å²) in [6.07, 6.45) is 22.5. The van der Waals surface area contributed by atoms with E-state index in [2.05, 4.69) is 62.3 Å². The standard InChI is InChI=1S/C38H78O3/c1-31(2)15-10-17-33(5)19-12-20-35(7)22-13-23-36(8)25-27-40-30-38(29-39)41-28-26-37(9)24-14-21-34(6)18-11-16-32(3)4/h31-39H,10-30H2,1-9H3/t33-,34?,35-,36?,37?,38?/m1/s1. The fraction of sp³-hybridized carbons (Fsp3) is 1.00. The molecular weight excluding hydrogens is 504 g/mol. The molecule has 0 aliphatic rings. The van der Waals surface area contributed by atoms with E-state index in [9.17, 15) is 5.11 Å². The fourth-order valence-electron chi connectivity index (χ4n) is 6.00. The highest BCUT2D eigenvalue weighted by Gasteiger charge is 2.12. The largest absolute Gasteiger partial charge is 0.394 e. The molecule has 0 fully saturated rings. The zero-order chi connectivity index (χ0) is 30.9. The summed E-state index contributed by atoms with van der Waals surface area (Å²) in [6, 6.07) is 0. The van der Waals surface area contributed by atoms with E-state index < -0.39 is 0 Å². The lowest BCUT2D eigenvalue weighted by Crippen LogP contribution is -2.25. The summed E-state index contributed by atoms with van der Waals surface area (Å²) in [7, 11) is 0. The van der Waals surface area contributed by atoms with E-state index in [4.69, 9.17) is 9.47 Å². The summed E-state index contributed by atoms with van der Waals surface area (Å²) >= 11 is 0. The minimum Gasteiger partial charge on any atom is -0.394 e. The van der Waals surface area contributed by atoms with Gasteiger partial charge in [0.15, 0.2) is 0 Å². The molecule has 0 spiro atoms. The van der Waals surface area contributed by atoms with Crippen molar-refractivity contribution in [3.63, 3.8) is 0 Å². The van der Waals surface area contributed by atoms with Crippen molar-refractivity contribution in [1.29, 1.82) is 0 Å². The third-order valence-corrected chi connectivity index (χ3v) is 9.36. The Kier molecular flexibility index (Phi) is 27.4. The average Bonchev–Trinajstić information content (AvgIpc) is 2.89. The summed E-state index contributed by atoms with van der Waals surface area (Å²) in [5, 5.41) is 9.72. The first kappa shape index (κ1) is 40.9. The second-order valence-corrected chi connectivity index (χ2v) is 15.3. The number of hydrogen-bond donors (Lipinski definition) is 1. The first-order chi connectivity index (χ1) is 19.5. The van der Waals surface area contributed by atoms with Crippen LogP contribution in [0.15, 0.2) is 0 Å². The van der Waals surface area contributed by atoms with Crippen molar-refractivity contribution in [2.24, 2.45) is 41.4 Å². The molecule has 0 amide bonds. The van der Waals surface area contributed by atoms with Gasteiger partial charge in [-0.05, 0) is 54.3 Å². The molecule has 41 heavy (non-hydrogen) atoms. The Morgan fingerprint density at radius 2 is 0.732 bits per heavy atom. The molecule has 6 atom stereocenters. The number of aliphatic hydroxyl groups is 1. The van der Waals surface area contributed by atoms with Crippen molar-refractivity contribution in [2.45, 2.75) is 178 Å². The van der Waals surface area contributed by atoms with Gasteiger partial charge < -0.3 is 14.6 Å². The lowest BCUT2D eigenvalue weighted by Gasteiger charge is -2.19. The van der Waals surface area contributed by atoms with Gasteiger partial charge in [-0.15, -0.1) is 0 Å². The van der Waals surface area contributed by atoms with E-state index >= 15 is 0 Å². The second kappa shape index (κ2) is 27.4. The predicted molar refractivity (Wildman–Crippen MR) is 182 cm³/mol. The van der Waals surface area contributed by atoms with Gasteiger partial charge in [-0.1, -0.05) is 159 Å². The van der Waals surface area contributed by atoms with Crippen LogP contribution in [0.3, 0.4) is 0 Å². The van der Waals surface area contributed by atoms with Gasteiger partial charge in [0.25, 0.3) is 0 Å². The fourth-order valence-corrected chi connectivity index (χ4v) is 6.00. The molecule has 0 rings (SSSR count). The molecule has 1 N–H and O–H groups in total. The number of rotatable bonds is 30. The van der Waals surface area contributed by atoms with Crippen LogP contribution in [0.25, 0.3) is 0 Å². The van der Waals surface area contributed by atoms with Crippen molar-refractivity contribution in [3.05, 3.63) is 0 Å². The van der Waals surface area contributed by atoms with Crippen molar-refractivity contribution in [1.82, 2.24) is 0 Å². The lowest BCUT2D eigenvalue weighted by atomic mass is 9.91. The van der Waals surface area contributed by atoms with Gasteiger partial charge in [-0.3, -0.25) is 0 Å². The Labute approximate surface area is 259 Å². The van der Waals surface area contributed by atoms with E-state index in [0.717, 1.165) is 55.6 Å². The van der Waals surface area contributed by atoms with Crippen LogP contribution in [0.5, 0.6) is 0 Å². The smallest absolute Gasteiger partial charge is 0.104 e. The van der Waals surface area contributed by atoms with Crippen molar-refractivity contribution in [2.75, 3.05) is 26.4 Å². The Hall–Kier alpha value is -0.120. The maximum absolute atomic E-state index is 9.72. The average molecular weight is 583 g/mol. The third kappa shape index (κ3) is 28.4. The molecule has 248 valence electrons. The quantitative estimate of drug-likeness (QED) is 0.0856. The van der Waals surface area contributed by atoms with Gasteiger partial charge in [-0.25, -0.2) is 0 Å². The van der Waals surface area contributed by atoms with Crippen LogP contribution in [0, 0.1) is 41.4 Å². The molecule has 0 aromatic carbocycles. The van der Waals surface area contributed by atoms with Crippen LogP contribution in [-0.4, -0.2) is 37.6 Å². The van der Waals surface area contributed by atoms with Gasteiger partial charge in [0.2, 0.25) is 0 Å². The molecule has 3 nitrogen and oxygen atoms in total. The molecule has 0 aliphatic heterocycles. The third-order valence-electron chi connectivity index (χ3n) is 9.36. The molecule has 0 aliphatic carbocycles. The first-order valence-electron chi connectivity index (χ1n) is 18.3. The molecule has 0 aromatic heterocycles. The number of hydrogen-bond acceptors (Lipinski definition) is 3. The molecule has 4 unspecified atom stereocenters. The van der Waals surface area contributed by atoms with Crippen LogP contribution in [0.1, 0.15) is 171 Å². The highest BCUT2D eigenvalue weighted by Crippen LogP contribution is 2.23. The molecule has 0 bridgehead atoms. The van der Waals surface area contributed by atoms with Crippen LogP contribution in [0.2, 0.25) is 0 Å². The molecule has 0 radical (unpaired) electrons. The minimum absolute atomic E-state index is 0.0481. The van der Waals surface area contributed by atoms with Crippen molar-refractivity contribution < 1.29 is 14.6 Å². The normalized spacial score (nSPS) is 16.7. The van der Waals surface area contributed by atoms with E-state index in [1.165, 1.54) is 96.3 Å². The van der Waals surface area contributed by atoms with E-state index in [1.807, 2.05) is 0 Å². The van der Waals surface area contributed by atoms with E-state index in [0.29, 0.717) is 18.4 Å². The lowest BCUT2D eigenvalue weighted by molar-refractivity contribution is -0.0471. The Bertz CT molecular complexity index is 534. The summed E-state index contributed by atoms with van der Waals surface area (Å²) in [5.74, 6) is 5.68. The number of ether oxygens (including phenoxy) is 2. The van der Waals surface area contributed by atoms with E-state index in [1.54, 1.807) is 0 Å². The maximum atomic E-state index is 9.72. The highest BCUT2D eigenvalue weighted by molar-refractivity contribution is 4.63. The maximum Gasteiger partial charge on any atom is 0.104 e. The van der Waals surface area contributed by atoms with Gasteiger partial charge >= 0.3 is 0 Å². The van der Waals surface area contributed by atoms with Gasteiger partial charge in [0, 0.05) is 13.2 Å². The molecule has 0 heterocycles. The van der Waals surface area contributed by atoms with Crippen LogP contribution in [-0.2, 0) is 9.47 Å². The SMILES string of the molecule is CC(C)CCCC(C)CCCC(C)CCOC(CO)COCCC(C)CCC[C@H](C)CCC[C@H](C)CCCC(C)C. The molecule has 0 saturated heterocycles. The van der Waals surface area contributed by atoms with Crippen molar-refractivity contribution in [3.8, 4) is 0 Å². The van der Waals surface area contributed by atoms with Gasteiger partial charge in [0.1, 0.15) is 6.10 Å². The zero-order valence-corrected chi connectivity index (χ0v) is 29.7. The Balaban J connectivity index is 3.74. The first-order valence-corrected chi connectivity index (χ1v) is 18.3. The minimum atomic E-state index is -0.183. The zero-order valence-electron chi connectivity index (χ0n) is 29.7. The molecule has 3 heteroatoms. The second-order valence-electron chi connectivity index (χ2n) is 15.3. The summed E-state index contributed by atoms with van der Waals surface area (Å²) in [5.41, 5.74) is 0. The van der Waals surface area contributed by atoms with Crippen molar-refractivity contribution >= 4 is 0 Å². The summed E-state index contributed by atoms with van der Waals surface area (Å²) in [6.45, 7) is 23.4. The topological polar surface area (TPSA) is 38.7 Å².